The Morgan fingerprint density at radius 1 is 1.00 bits per heavy atom. The molecule has 0 aromatic heterocycles. The minimum Gasteiger partial charge on any atom is -0.468 e. The normalized spacial score (nSPS) is 11.5. The van der Waals surface area contributed by atoms with Crippen molar-refractivity contribution in [3.8, 4) is 0 Å². The van der Waals surface area contributed by atoms with Gasteiger partial charge in [0.2, 0.25) is 0 Å². The number of carbonyl (C=O) groups excluding carboxylic acids is 3. The fourth-order valence-electron chi connectivity index (χ4n) is 1.90. The minimum atomic E-state index is -1.29. The quantitative estimate of drug-likeness (QED) is 0.647. The number of rotatable bonds is 5. The van der Waals surface area contributed by atoms with Crippen LogP contribution in [-0.4, -0.2) is 51.2 Å². The van der Waals surface area contributed by atoms with Gasteiger partial charge in [0, 0.05) is 14.1 Å². The van der Waals surface area contributed by atoms with Gasteiger partial charge in [0.1, 0.15) is 0 Å². The highest BCUT2D eigenvalue weighted by Gasteiger charge is 2.39. The number of nitrogens with zero attached hydrogens (tertiary/aromatic N) is 1. The monoisotopic (exact) mass is 308 g/mol. The molecule has 1 unspecified atom stereocenters. The van der Waals surface area contributed by atoms with Crippen LogP contribution in [0, 0.1) is 5.92 Å². The van der Waals surface area contributed by atoms with Gasteiger partial charge in [-0.15, -0.1) is 0 Å². The van der Waals surface area contributed by atoms with E-state index in [1.807, 2.05) is 0 Å². The van der Waals surface area contributed by atoms with Crippen LogP contribution in [-0.2, 0) is 19.1 Å². The highest BCUT2D eigenvalue weighted by Crippen LogP contribution is 2.25. The summed E-state index contributed by atoms with van der Waals surface area (Å²) in [6.07, 6.45) is 0. The number of hydrogen-bond donors (Lipinski definition) is 1. The van der Waals surface area contributed by atoms with Gasteiger partial charge in [-0.25, -0.2) is 4.79 Å². The Balaban J connectivity index is 3.24. The molecule has 1 aromatic rings. The summed E-state index contributed by atoms with van der Waals surface area (Å²) in [5, 5.41) is 2.65. The van der Waals surface area contributed by atoms with Crippen molar-refractivity contribution >= 4 is 18.0 Å². The van der Waals surface area contributed by atoms with Crippen molar-refractivity contribution in [2.24, 2.45) is 5.92 Å². The molecule has 0 saturated heterocycles. The van der Waals surface area contributed by atoms with Crippen LogP contribution >= 0.6 is 0 Å². The Morgan fingerprint density at radius 3 is 1.91 bits per heavy atom. The molecule has 0 fully saturated rings. The van der Waals surface area contributed by atoms with E-state index in [-0.39, 0.29) is 0 Å². The van der Waals surface area contributed by atoms with Crippen LogP contribution in [0.5, 0.6) is 0 Å². The van der Waals surface area contributed by atoms with Crippen molar-refractivity contribution in [3.63, 3.8) is 0 Å². The maximum atomic E-state index is 12.0. The molecule has 7 heteroatoms. The number of nitrogens with one attached hydrogen (secondary N) is 1. The topological polar surface area (TPSA) is 84.9 Å². The summed E-state index contributed by atoms with van der Waals surface area (Å²) < 4.78 is 9.35. The zero-order valence-corrected chi connectivity index (χ0v) is 13.0. The second kappa shape index (κ2) is 8.02. The molecule has 0 saturated carbocycles. The van der Waals surface area contributed by atoms with Crippen LogP contribution in [0.3, 0.4) is 0 Å². The van der Waals surface area contributed by atoms with Crippen LogP contribution in [0.2, 0.25) is 0 Å². The van der Waals surface area contributed by atoms with Crippen molar-refractivity contribution in [2.75, 3.05) is 28.3 Å². The molecule has 0 aliphatic rings. The first-order chi connectivity index (χ1) is 10.4. The van der Waals surface area contributed by atoms with E-state index in [0.717, 1.165) is 0 Å². The smallest absolute Gasteiger partial charge is 0.322 e. The average Bonchev–Trinajstić information content (AvgIpc) is 2.54. The Kier molecular flexibility index (Phi) is 6.37. The van der Waals surface area contributed by atoms with Crippen molar-refractivity contribution < 1.29 is 23.9 Å². The summed E-state index contributed by atoms with van der Waals surface area (Å²) in [6, 6.07) is 7.37. The van der Waals surface area contributed by atoms with Gasteiger partial charge in [-0.05, 0) is 5.56 Å². The molecule has 7 nitrogen and oxygen atoms in total. The first-order valence-corrected chi connectivity index (χ1v) is 6.60. The number of urea groups is 1. The number of ether oxygens (including phenoxy) is 2. The first kappa shape index (κ1) is 17.5. The Bertz CT molecular complexity index is 514. The predicted molar refractivity (Wildman–Crippen MR) is 78.9 cm³/mol. The number of hydrogen-bond acceptors (Lipinski definition) is 5. The molecule has 22 heavy (non-hydrogen) atoms. The third kappa shape index (κ3) is 4.21. The molecule has 0 spiro atoms. The van der Waals surface area contributed by atoms with E-state index in [0.29, 0.717) is 5.56 Å². The lowest BCUT2D eigenvalue weighted by Gasteiger charge is -2.26. The zero-order valence-electron chi connectivity index (χ0n) is 13.0. The number of carbonyl (C=O) groups is 3. The van der Waals surface area contributed by atoms with E-state index in [1.54, 1.807) is 44.4 Å². The van der Waals surface area contributed by atoms with Gasteiger partial charge >= 0.3 is 18.0 Å². The predicted octanol–water partition coefficient (Wildman–Crippen LogP) is 0.961. The van der Waals surface area contributed by atoms with E-state index in [1.165, 1.54) is 19.1 Å². The molecule has 1 rings (SSSR count). The third-order valence-corrected chi connectivity index (χ3v) is 3.09. The van der Waals surface area contributed by atoms with Gasteiger partial charge in [-0.2, -0.15) is 0 Å². The maximum Gasteiger partial charge on any atom is 0.322 e. The summed E-state index contributed by atoms with van der Waals surface area (Å²) in [7, 11) is 5.47. The van der Waals surface area contributed by atoms with Gasteiger partial charge in [-0.1, -0.05) is 30.3 Å². The number of benzene rings is 1. The molecule has 0 bridgehead atoms. The molecule has 120 valence electrons. The number of methoxy groups -OCH3 is 2. The van der Waals surface area contributed by atoms with E-state index in [9.17, 15) is 14.4 Å². The first-order valence-electron chi connectivity index (χ1n) is 6.60. The van der Waals surface area contributed by atoms with Crippen molar-refractivity contribution in [2.45, 2.75) is 6.04 Å². The molecule has 1 N–H and O–H groups in total. The minimum absolute atomic E-state index is 0.438. The maximum absolute atomic E-state index is 12.0. The standard InChI is InChI=1S/C15H20N2O5/c1-17(2)15(20)16-12(10-8-6-5-7-9-10)11(13(18)21-3)14(19)22-4/h5-9,11-12H,1-4H3,(H,16,20). The van der Waals surface area contributed by atoms with Gasteiger partial charge in [0.05, 0.1) is 20.3 Å². The van der Waals surface area contributed by atoms with E-state index in [2.05, 4.69) is 14.8 Å². The second-order valence-electron chi connectivity index (χ2n) is 4.76. The number of amides is 2. The van der Waals surface area contributed by atoms with Crippen LogP contribution < -0.4 is 5.32 Å². The van der Waals surface area contributed by atoms with Gasteiger partial charge in [0.15, 0.2) is 5.92 Å². The Labute approximate surface area is 129 Å². The Morgan fingerprint density at radius 2 is 1.50 bits per heavy atom. The van der Waals surface area contributed by atoms with Crippen LogP contribution in [0.15, 0.2) is 30.3 Å². The van der Waals surface area contributed by atoms with Gasteiger partial charge in [0.25, 0.3) is 0 Å². The number of esters is 2. The van der Waals surface area contributed by atoms with E-state index >= 15 is 0 Å². The summed E-state index contributed by atoms with van der Waals surface area (Å²) in [4.78, 5) is 37.3. The van der Waals surface area contributed by atoms with Crippen molar-refractivity contribution in [3.05, 3.63) is 35.9 Å². The average molecular weight is 308 g/mol. The SMILES string of the molecule is COC(=O)C(C(=O)OC)C(NC(=O)N(C)C)c1ccccc1. The van der Waals surface area contributed by atoms with Gasteiger partial charge < -0.3 is 19.7 Å². The van der Waals surface area contributed by atoms with E-state index in [4.69, 9.17) is 0 Å². The molecule has 0 aliphatic carbocycles. The fourth-order valence-corrected chi connectivity index (χ4v) is 1.90. The molecule has 1 atom stereocenters. The molecule has 2 amide bonds. The molecular formula is C15H20N2O5. The highest BCUT2D eigenvalue weighted by molar-refractivity contribution is 5.96. The highest BCUT2D eigenvalue weighted by atomic mass is 16.5. The fraction of sp³-hybridized carbons (Fsp3) is 0.400. The molecule has 1 aromatic carbocycles. The van der Waals surface area contributed by atoms with Crippen molar-refractivity contribution in [1.29, 1.82) is 0 Å². The summed E-state index contributed by atoms with van der Waals surface area (Å²) in [6.45, 7) is 0. The van der Waals surface area contributed by atoms with Crippen LogP contribution in [0.1, 0.15) is 11.6 Å². The molecular weight excluding hydrogens is 288 g/mol. The lowest BCUT2D eigenvalue weighted by molar-refractivity contribution is -0.160. The summed E-state index contributed by atoms with van der Waals surface area (Å²) in [5.41, 5.74) is 0.596. The molecule has 0 radical (unpaired) electrons. The summed E-state index contributed by atoms with van der Waals surface area (Å²) in [5.74, 6) is -2.85. The Hall–Kier alpha value is -2.57. The van der Waals surface area contributed by atoms with Crippen molar-refractivity contribution in [1.82, 2.24) is 10.2 Å². The molecule has 0 aliphatic heterocycles. The van der Waals surface area contributed by atoms with Crippen LogP contribution in [0.25, 0.3) is 0 Å². The van der Waals surface area contributed by atoms with Crippen LogP contribution in [0.4, 0.5) is 4.79 Å². The van der Waals surface area contributed by atoms with Gasteiger partial charge in [-0.3, -0.25) is 9.59 Å². The second-order valence-corrected chi connectivity index (χ2v) is 4.76. The summed E-state index contributed by atoms with van der Waals surface area (Å²) >= 11 is 0. The largest absolute Gasteiger partial charge is 0.468 e. The lowest BCUT2D eigenvalue weighted by atomic mass is 9.93. The van der Waals surface area contributed by atoms with E-state index < -0.39 is 29.9 Å². The third-order valence-electron chi connectivity index (χ3n) is 3.09. The molecule has 0 heterocycles. The zero-order chi connectivity index (χ0) is 16.7. The lowest BCUT2D eigenvalue weighted by Crippen LogP contribution is -2.45.